The number of amides is 1. The zero-order valence-corrected chi connectivity index (χ0v) is 17.1. The number of nitrogens with one attached hydrogen (secondary N) is 1. The third-order valence-corrected chi connectivity index (χ3v) is 4.23. The van der Waals surface area contributed by atoms with Crippen molar-refractivity contribution in [2.45, 2.75) is 47.0 Å². The van der Waals surface area contributed by atoms with Gasteiger partial charge in [0.05, 0.1) is 17.5 Å². The molecule has 8 nitrogen and oxygen atoms in total. The lowest BCUT2D eigenvalue weighted by atomic mass is 9.96. The molecule has 0 aliphatic rings. The van der Waals surface area contributed by atoms with Crippen molar-refractivity contribution in [2.75, 3.05) is 6.54 Å². The topological polar surface area (TPSA) is 98.7 Å². The lowest BCUT2D eigenvalue weighted by molar-refractivity contribution is 0.0948. The Labute approximate surface area is 164 Å². The van der Waals surface area contributed by atoms with Gasteiger partial charge in [0.2, 0.25) is 0 Å². The van der Waals surface area contributed by atoms with Gasteiger partial charge in [-0.3, -0.25) is 4.79 Å². The number of rotatable bonds is 5. The lowest BCUT2D eigenvalue weighted by Crippen LogP contribution is -2.27. The second kappa shape index (κ2) is 7.53. The minimum absolute atomic E-state index is 0.139. The summed E-state index contributed by atoms with van der Waals surface area (Å²) >= 11 is 0. The average molecular weight is 382 g/mol. The lowest BCUT2D eigenvalue weighted by Gasteiger charge is -2.10. The first-order valence-corrected chi connectivity index (χ1v) is 9.30. The number of hydrogen-bond acceptors (Lipinski definition) is 6. The predicted octanol–water partition coefficient (Wildman–Crippen LogP) is 3.31. The quantitative estimate of drug-likeness (QED) is 0.727. The number of nitrogens with zero attached hydrogens (tertiary/aromatic N) is 5. The predicted molar refractivity (Wildman–Crippen MR) is 105 cm³/mol. The van der Waals surface area contributed by atoms with Crippen molar-refractivity contribution < 1.29 is 9.32 Å². The van der Waals surface area contributed by atoms with Crippen molar-refractivity contribution >= 4 is 5.91 Å². The summed E-state index contributed by atoms with van der Waals surface area (Å²) in [6.07, 6.45) is 3.22. The largest absolute Gasteiger partial charge is 0.352 e. The Hall–Kier alpha value is -3.03. The molecule has 1 amide bonds. The second-order valence-corrected chi connectivity index (χ2v) is 8.24. The van der Waals surface area contributed by atoms with E-state index in [4.69, 9.17) is 4.52 Å². The monoisotopic (exact) mass is 382 g/mol. The SMILES string of the molecule is Cc1c(C(=O)NCC(C)C)cnn1-c1cc(-c2nc(C(C)(C)C)no2)ccn1. The van der Waals surface area contributed by atoms with Crippen molar-refractivity contribution in [3.8, 4) is 17.3 Å². The van der Waals surface area contributed by atoms with E-state index in [0.717, 1.165) is 5.56 Å². The minimum Gasteiger partial charge on any atom is -0.352 e. The van der Waals surface area contributed by atoms with Crippen LogP contribution in [0.2, 0.25) is 0 Å². The highest BCUT2D eigenvalue weighted by Gasteiger charge is 2.22. The maximum atomic E-state index is 12.4. The van der Waals surface area contributed by atoms with Gasteiger partial charge in [-0.1, -0.05) is 39.8 Å². The fourth-order valence-electron chi connectivity index (χ4n) is 2.57. The summed E-state index contributed by atoms with van der Waals surface area (Å²) in [7, 11) is 0. The second-order valence-electron chi connectivity index (χ2n) is 8.24. The first-order chi connectivity index (χ1) is 13.2. The molecule has 0 aliphatic carbocycles. The van der Waals surface area contributed by atoms with Crippen LogP contribution in [0.1, 0.15) is 56.5 Å². The molecule has 0 radical (unpaired) electrons. The molecule has 0 aromatic carbocycles. The highest BCUT2D eigenvalue weighted by atomic mass is 16.5. The molecule has 28 heavy (non-hydrogen) atoms. The van der Waals surface area contributed by atoms with Crippen LogP contribution in [-0.2, 0) is 5.41 Å². The van der Waals surface area contributed by atoms with Gasteiger partial charge in [0.15, 0.2) is 11.6 Å². The molecule has 0 atom stereocenters. The highest BCUT2D eigenvalue weighted by molar-refractivity contribution is 5.95. The van der Waals surface area contributed by atoms with Crippen molar-refractivity contribution in [3.63, 3.8) is 0 Å². The molecule has 3 rings (SSSR count). The van der Waals surface area contributed by atoms with Crippen molar-refractivity contribution in [1.29, 1.82) is 0 Å². The molecular formula is C20H26N6O2. The molecule has 1 N–H and O–H groups in total. The third kappa shape index (κ3) is 4.11. The van der Waals surface area contributed by atoms with E-state index in [1.807, 2.05) is 33.8 Å². The molecule has 0 unspecified atom stereocenters. The standard InChI is InChI=1S/C20H26N6O2/c1-12(2)10-22-17(27)15-11-23-26(13(15)3)16-9-14(7-8-21-16)18-24-19(25-28-18)20(4,5)6/h7-9,11-12H,10H2,1-6H3,(H,22,27). The zero-order chi connectivity index (χ0) is 20.5. The first kappa shape index (κ1) is 19.7. The van der Waals surface area contributed by atoms with Gasteiger partial charge in [-0.2, -0.15) is 10.1 Å². The van der Waals surface area contributed by atoms with E-state index in [2.05, 4.69) is 39.4 Å². The Kier molecular flexibility index (Phi) is 5.31. The van der Waals surface area contributed by atoms with Crippen molar-refractivity contribution in [1.82, 2.24) is 30.2 Å². The van der Waals surface area contributed by atoms with Crippen LogP contribution in [0.3, 0.4) is 0 Å². The molecule has 8 heteroatoms. The van der Waals surface area contributed by atoms with E-state index in [0.29, 0.717) is 41.3 Å². The van der Waals surface area contributed by atoms with E-state index < -0.39 is 0 Å². The summed E-state index contributed by atoms with van der Waals surface area (Å²) in [5.41, 5.74) is 1.79. The average Bonchev–Trinajstić information content (AvgIpc) is 3.27. The third-order valence-electron chi connectivity index (χ3n) is 4.23. The number of carbonyl (C=O) groups excluding carboxylic acids is 1. The first-order valence-electron chi connectivity index (χ1n) is 9.30. The molecule has 0 aliphatic heterocycles. The maximum absolute atomic E-state index is 12.4. The van der Waals surface area contributed by atoms with E-state index in [1.165, 1.54) is 0 Å². The Morgan fingerprint density at radius 3 is 2.71 bits per heavy atom. The summed E-state index contributed by atoms with van der Waals surface area (Å²) in [5.74, 6) is 1.88. The molecule has 0 spiro atoms. The molecule has 3 aromatic heterocycles. The fourth-order valence-corrected chi connectivity index (χ4v) is 2.57. The molecule has 0 bridgehead atoms. The molecule has 0 saturated heterocycles. The Bertz CT molecular complexity index is 981. The van der Waals surface area contributed by atoms with Crippen LogP contribution in [0.4, 0.5) is 0 Å². The maximum Gasteiger partial charge on any atom is 0.258 e. The normalized spacial score (nSPS) is 11.8. The Morgan fingerprint density at radius 2 is 2.07 bits per heavy atom. The van der Waals surface area contributed by atoms with Crippen LogP contribution in [0, 0.1) is 12.8 Å². The van der Waals surface area contributed by atoms with Crippen LogP contribution in [0.25, 0.3) is 17.3 Å². The van der Waals surface area contributed by atoms with Gasteiger partial charge in [0, 0.05) is 23.7 Å². The zero-order valence-electron chi connectivity index (χ0n) is 17.1. The van der Waals surface area contributed by atoms with Gasteiger partial charge in [-0.25, -0.2) is 9.67 Å². The van der Waals surface area contributed by atoms with E-state index in [-0.39, 0.29) is 11.3 Å². The van der Waals surface area contributed by atoms with Gasteiger partial charge in [-0.05, 0) is 25.0 Å². The van der Waals surface area contributed by atoms with E-state index in [1.54, 1.807) is 23.1 Å². The van der Waals surface area contributed by atoms with Gasteiger partial charge in [0.25, 0.3) is 11.8 Å². The molecule has 3 aromatic rings. The molecule has 0 saturated carbocycles. The smallest absolute Gasteiger partial charge is 0.258 e. The highest BCUT2D eigenvalue weighted by Crippen LogP contribution is 2.24. The number of aromatic nitrogens is 5. The molecular weight excluding hydrogens is 356 g/mol. The van der Waals surface area contributed by atoms with Crippen LogP contribution >= 0.6 is 0 Å². The van der Waals surface area contributed by atoms with Crippen molar-refractivity contribution in [3.05, 3.63) is 41.6 Å². The van der Waals surface area contributed by atoms with Crippen LogP contribution in [0.15, 0.2) is 29.0 Å². The van der Waals surface area contributed by atoms with E-state index in [9.17, 15) is 4.79 Å². The van der Waals surface area contributed by atoms with Gasteiger partial charge in [0.1, 0.15) is 0 Å². The van der Waals surface area contributed by atoms with Crippen LogP contribution in [-0.4, -0.2) is 37.4 Å². The molecule has 148 valence electrons. The Morgan fingerprint density at radius 1 is 1.32 bits per heavy atom. The number of hydrogen-bond donors (Lipinski definition) is 1. The van der Waals surface area contributed by atoms with Crippen molar-refractivity contribution in [2.24, 2.45) is 5.92 Å². The summed E-state index contributed by atoms with van der Waals surface area (Å²) < 4.78 is 7.05. The summed E-state index contributed by atoms with van der Waals surface area (Å²) in [5, 5.41) is 11.3. The summed E-state index contributed by atoms with van der Waals surface area (Å²) in [6, 6.07) is 3.62. The summed E-state index contributed by atoms with van der Waals surface area (Å²) in [6.45, 7) is 12.6. The van der Waals surface area contributed by atoms with Gasteiger partial charge in [-0.15, -0.1) is 0 Å². The number of pyridine rings is 1. The number of carbonyl (C=O) groups is 1. The molecule has 0 fully saturated rings. The Balaban J connectivity index is 1.89. The van der Waals surface area contributed by atoms with Gasteiger partial charge >= 0.3 is 0 Å². The van der Waals surface area contributed by atoms with Crippen LogP contribution < -0.4 is 5.32 Å². The summed E-state index contributed by atoms with van der Waals surface area (Å²) in [4.78, 5) is 21.2. The minimum atomic E-state index is -0.200. The van der Waals surface area contributed by atoms with Gasteiger partial charge < -0.3 is 9.84 Å². The fraction of sp³-hybridized carbons (Fsp3) is 0.450. The van der Waals surface area contributed by atoms with Crippen LogP contribution in [0.5, 0.6) is 0 Å². The molecule has 3 heterocycles. The van der Waals surface area contributed by atoms with E-state index >= 15 is 0 Å².